The number of nitrogens with zero attached hydrogens (tertiary/aromatic N) is 4. The lowest BCUT2D eigenvalue weighted by molar-refractivity contribution is 0.648. The van der Waals surface area contributed by atoms with E-state index in [1.54, 1.807) is 6.33 Å². The van der Waals surface area contributed by atoms with Crippen molar-refractivity contribution in [2.75, 3.05) is 36.0 Å². The van der Waals surface area contributed by atoms with Gasteiger partial charge in [-0.25, -0.2) is 9.97 Å². The van der Waals surface area contributed by atoms with Crippen molar-refractivity contribution in [1.82, 2.24) is 9.97 Å². The molecule has 5 rings (SSSR count). The van der Waals surface area contributed by atoms with Gasteiger partial charge in [-0.2, -0.15) is 0 Å². The molecule has 0 spiro atoms. The molecule has 0 unspecified atom stereocenters. The molecule has 2 aliphatic rings. The maximum absolute atomic E-state index is 4.70. The van der Waals surface area contributed by atoms with Crippen LogP contribution < -0.4 is 9.80 Å². The van der Waals surface area contributed by atoms with Gasteiger partial charge in [0.2, 0.25) is 0 Å². The first-order valence-corrected chi connectivity index (χ1v) is 9.93. The number of piperazine rings is 1. The van der Waals surface area contributed by atoms with E-state index in [2.05, 4.69) is 46.0 Å². The second-order valence-corrected chi connectivity index (χ2v) is 8.13. The molecule has 0 atom stereocenters. The molecule has 25 heavy (non-hydrogen) atoms. The summed E-state index contributed by atoms with van der Waals surface area (Å²) in [7, 11) is 0. The second-order valence-electron chi connectivity index (χ2n) is 7.05. The summed E-state index contributed by atoms with van der Waals surface area (Å²) < 4.78 is 0. The van der Waals surface area contributed by atoms with Crippen LogP contribution in [0.1, 0.15) is 22.4 Å². The van der Waals surface area contributed by atoms with E-state index < -0.39 is 0 Å². The number of hydrogen-bond acceptors (Lipinski definition) is 5. The smallest absolute Gasteiger partial charge is 0.141 e. The van der Waals surface area contributed by atoms with E-state index in [0.717, 1.165) is 32.0 Å². The number of hydrogen-bond donors (Lipinski definition) is 0. The van der Waals surface area contributed by atoms with Crippen LogP contribution in [-0.4, -0.2) is 36.1 Å². The summed E-state index contributed by atoms with van der Waals surface area (Å²) in [6.07, 6.45) is 5.44. The molecule has 3 heterocycles. The van der Waals surface area contributed by atoms with E-state index in [0.29, 0.717) is 0 Å². The third-order valence-electron chi connectivity index (χ3n) is 5.43. The molecule has 2 aromatic heterocycles. The van der Waals surface area contributed by atoms with Crippen LogP contribution in [0.2, 0.25) is 0 Å². The summed E-state index contributed by atoms with van der Waals surface area (Å²) >= 11 is 1.88. The van der Waals surface area contributed by atoms with Gasteiger partial charge in [0.25, 0.3) is 0 Å². The SMILES string of the molecule is Cc1cccc(N2CCN(c3ncnc4sc5c(c34)CCC5)CC2)c1. The number of anilines is 2. The van der Waals surface area contributed by atoms with Crippen LogP contribution in [0.15, 0.2) is 30.6 Å². The molecule has 0 radical (unpaired) electrons. The molecule has 0 N–H and O–H groups in total. The van der Waals surface area contributed by atoms with Crippen molar-refractivity contribution < 1.29 is 0 Å². The summed E-state index contributed by atoms with van der Waals surface area (Å²) in [4.78, 5) is 16.9. The minimum atomic E-state index is 1.02. The Hall–Kier alpha value is -2.14. The number of rotatable bonds is 2. The Morgan fingerprint density at radius 3 is 2.68 bits per heavy atom. The van der Waals surface area contributed by atoms with Crippen LogP contribution in [0, 0.1) is 6.92 Å². The average molecular weight is 350 g/mol. The maximum atomic E-state index is 4.70. The normalized spacial score (nSPS) is 17.3. The summed E-state index contributed by atoms with van der Waals surface area (Å²) in [5, 5.41) is 1.34. The first kappa shape index (κ1) is 15.1. The molecule has 0 bridgehead atoms. The minimum Gasteiger partial charge on any atom is -0.368 e. The average Bonchev–Trinajstić information content (AvgIpc) is 3.22. The zero-order valence-corrected chi connectivity index (χ0v) is 15.4. The van der Waals surface area contributed by atoms with Crippen molar-refractivity contribution in [2.45, 2.75) is 26.2 Å². The first-order valence-electron chi connectivity index (χ1n) is 9.11. The predicted molar refractivity (Wildman–Crippen MR) is 105 cm³/mol. The van der Waals surface area contributed by atoms with Gasteiger partial charge < -0.3 is 9.80 Å². The second kappa shape index (κ2) is 5.99. The van der Waals surface area contributed by atoms with E-state index in [9.17, 15) is 0 Å². The largest absolute Gasteiger partial charge is 0.368 e. The van der Waals surface area contributed by atoms with E-state index in [1.165, 1.54) is 51.2 Å². The highest BCUT2D eigenvalue weighted by Gasteiger charge is 2.25. The fourth-order valence-corrected chi connectivity index (χ4v) is 5.38. The predicted octanol–water partition coefficient (Wildman–Crippen LogP) is 3.82. The van der Waals surface area contributed by atoms with E-state index >= 15 is 0 Å². The third kappa shape index (κ3) is 2.58. The van der Waals surface area contributed by atoms with Crippen molar-refractivity contribution in [2.24, 2.45) is 0 Å². The van der Waals surface area contributed by atoms with Crippen LogP contribution in [-0.2, 0) is 12.8 Å². The van der Waals surface area contributed by atoms with Gasteiger partial charge in [0.15, 0.2) is 0 Å². The maximum Gasteiger partial charge on any atom is 0.141 e. The molecule has 128 valence electrons. The Morgan fingerprint density at radius 2 is 1.84 bits per heavy atom. The Labute approximate surface area is 152 Å². The Morgan fingerprint density at radius 1 is 1.00 bits per heavy atom. The van der Waals surface area contributed by atoms with E-state index in [4.69, 9.17) is 4.98 Å². The van der Waals surface area contributed by atoms with Crippen molar-refractivity contribution in [3.8, 4) is 0 Å². The molecular weight excluding hydrogens is 328 g/mol. The lowest BCUT2D eigenvalue weighted by atomic mass is 10.1. The van der Waals surface area contributed by atoms with Gasteiger partial charge in [-0.3, -0.25) is 0 Å². The number of aromatic nitrogens is 2. The number of fused-ring (bicyclic) bond motifs is 3. The lowest BCUT2D eigenvalue weighted by Crippen LogP contribution is -2.47. The first-order chi connectivity index (χ1) is 12.3. The van der Waals surface area contributed by atoms with Crippen LogP contribution in [0.25, 0.3) is 10.2 Å². The summed E-state index contributed by atoms with van der Waals surface area (Å²) in [6, 6.07) is 8.82. The zero-order valence-electron chi connectivity index (χ0n) is 14.5. The standard InChI is InChI=1S/C20H22N4S/c1-14-4-2-5-15(12-14)23-8-10-24(11-9-23)19-18-16-6-3-7-17(16)25-20(18)22-13-21-19/h2,4-5,12-13H,3,6-11H2,1H3. The summed E-state index contributed by atoms with van der Waals surface area (Å²) in [6.45, 7) is 6.28. The molecule has 0 saturated carbocycles. The number of benzene rings is 1. The number of aryl methyl sites for hydroxylation is 3. The third-order valence-corrected chi connectivity index (χ3v) is 6.63. The van der Waals surface area contributed by atoms with Gasteiger partial charge >= 0.3 is 0 Å². The van der Waals surface area contributed by atoms with Crippen molar-refractivity contribution in [1.29, 1.82) is 0 Å². The summed E-state index contributed by atoms with van der Waals surface area (Å²) in [5.74, 6) is 1.16. The van der Waals surface area contributed by atoms with Crippen molar-refractivity contribution in [3.63, 3.8) is 0 Å². The number of thiophene rings is 1. The van der Waals surface area contributed by atoms with Gasteiger partial charge in [-0.05, 0) is 49.4 Å². The molecule has 1 fully saturated rings. The Balaban J connectivity index is 1.42. The Bertz CT molecular complexity index is 925. The molecular formula is C20H22N4S. The minimum absolute atomic E-state index is 1.02. The van der Waals surface area contributed by atoms with Crippen molar-refractivity contribution in [3.05, 3.63) is 46.6 Å². The topological polar surface area (TPSA) is 32.3 Å². The van der Waals surface area contributed by atoms with Crippen LogP contribution >= 0.6 is 11.3 Å². The highest BCUT2D eigenvalue weighted by Crippen LogP contribution is 2.40. The van der Waals surface area contributed by atoms with Crippen LogP contribution in [0.5, 0.6) is 0 Å². The van der Waals surface area contributed by atoms with Gasteiger partial charge in [-0.1, -0.05) is 12.1 Å². The molecule has 0 amide bonds. The highest BCUT2D eigenvalue weighted by molar-refractivity contribution is 7.19. The molecule has 1 aliphatic carbocycles. The van der Waals surface area contributed by atoms with Gasteiger partial charge in [0.05, 0.1) is 5.39 Å². The van der Waals surface area contributed by atoms with Crippen LogP contribution in [0.3, 0.4) is 0 Å². The van der Waals surface area contributed by atoms with Gasteiger partial charge in [0, 0.05) is 36.7 Å². The lowest BCUT2D eigenvalue weighted by Gasteiger charge is -2.37. The molecule has 1 aromatic carbocycles. The molecule has 1 aliphatic heterocycles. The molecule has 4 nitrogen and oxygen atoms in total. The van der Waals surface area contributed by atoms with Gasteiger partial charge in [-0.15, -0.1) is 11.3 Å². The highest BCUT2D eigenvalue weighted by atomic mass is 32.1. The quantitative estimate of drug-likeness (QED) is 0.703. The summed E-state index contributed by atoms with van der Waals surface area (Å²) in [5.41, 5.74) is 4.19. The van der Waals surface area contributed by atoms with E-state index in [1.807, 2.05) is 11.3 Å². The molecule has 1 saturated heterocycles. The van der Waals surface area contributed by atoms with E-state index in [-0.39, 0.29) is 0 Å². The molecule has 5 heteroatoms. The van der Waals surface area contributed by atoms with Gasteiger partial charge in [0.1, 0.15) is 17.0 Å². The monoisotopic (exact) mass is 350 g/mol. The fourth-order valence-electron chi connectivity index (χ4n) is 4.15. The zero-order chi connectivity index (χ0) is 16.8. The molecule has 3 aromatic rings. The van der Waals surface area contributed by atoms with Crippen LogP contribution in [0.4, 0.5) is 11.5 Å². The Kier molecular flexibility index (Phi) is 3.63. The fraction of sp³-hybridized carbons (Fsp3) is 0.400. The van der Waals surface area contributed by atoms with Crippen molar-refractivity contribution >= 4 is 33.1 Å².